The molecule has 4 nitrogen and oxygen atoms in total. The molecular formula is C12H16N4S2. The van der Waals surface area contributed by atoms with Gasteiger partial charge in [-0.05, 0) is 25.9 Å². The first-order chi connectivity index (χ1) is 8.81. The van der Waals surface area contributed by atoms with Gasteiger partial charge in [-0.15, -0.1) is 22.7 Å². The van der Waals surface area contributed by atoms with Crippen LogP contribution in [0.5, 0.6) is 0 Å². The van der Waals surface area contributed by atoms with E-state index < -0.39 is 0 Å². The lowest BCUT2D eigenvalue weighted by Crippen LogP contribution is -2.21. The molecule has 0 aromatic carbocycles. The molecule has 96 valence electrons. The summed E-state index contributed by atoms with van der Waals surface area (Å²) in [6.07, 6.45) is 5.66. The molecule has 0 unspecified atom stereocenters. The first kappa shape index (κ1) is 12.1. The summed E-state index contributed by atoms with van der Waals surface area (Å²) in [5.74, 6) is 0. The lowest BCUT2D eigenvalue weighted by Gasteiger charge is -2.12. The molecule has 1 fully saturated rings. The van der Waals surface area contributed by atoms with Gasteiger partial charge in [-0.25, -0.2) is 9.97 Å². The second-order valence-electron chi connectivity index (χ2n) is 4.49. The number of likely N-dealkylation sites (tertiary alicyclic amines) is 1. The highest BCUT2D eigenvalue weighted by atomic mass is 32.1. The summed E-state index contributed by atoms with van der Waals surface area (Å²) >= 11 is 3.21. The molecule has 2 aromatic heterocycles. The van der Waals surface area contributed by atoms with Crippen LogP contribution in [0.1, 0.15) is 17.8 Å². The Balaban J connectivity index is 1.62. The monoisotopic (exact) mass is 280 g/mol. The van der Waals surface area contributed by atoms with E-state index in [0.29, 0.717) is 5.13 Å². The van der Waals surface area contributed by atoms with Crippen molar-refractivity contribution in [1.29, 1.82) is 0 Å². The highest BCUT2D eigenvalue weighted by Crippen LogP contribution is 2.28. The normalized spacial score (nSPS) is 16.4. The molecule has 2 aromatic rings. The van der Waals surface area contributed by atoms with Crippen LogP contribution in [0.4, 0.5) is 5.13 Å². The lowest BCUT2D eigenvalue weighted by molar-refractivity contribution is 0.343. The Bertz CT molecular complexity index is 514. The Morgan fingerprint density at radius 2 is 2.17 bits per heavy atom. The molecule has 0 aliphatic carbocycles. The zero-order valence-electron chi connectivity index (χ0n) is 10.1. The molecule has 3 rings (SSSR count). The minimum atomic E-state index is 0.622. The summed E-state index contributed by atoms with van der Waals surface area (Å²) in [5.41, 5.74) is 6.61. The second kappa shape index (κ2) is 5.34. The van der Waals surface area contributed by atoms with Gasteiger partial charge in [0.1, 0.15) is 0 Å². The zero-order chi connectivity index (χ0) is 12.4. The maximum atomic E-state index is 5.65. The smallest absolute Gasteiger partial charge is 0.180 e. The average molecular weight is 280 g/mol. The van der Waals surface area contributed by atoms with Gasteiger partial charge < -0.3 is 10.6 Å². The fraction of sp³-hybridized carbons (Fsp3) is 0.500. The van der Waals surface area contributed by atoms with Gasteiger partial charge in [-0.1, -0.05) is 0 Å². The van der Waals surface area contributed by atoms with Gasteiger partial charge >= 0.3 is 0 Å². The maximum Gasteiger partial charge on any atom is 0.180 e. The Labute approximate surface area is 114 Å². The van der Waals surface area contributed by atoms with Crippen LogP contribution in [-0.4, -0.2) is 34.5 Å². The summed E-state index contributed by atoms with van der Waals surface area (Å²) in [7, 11) is 0. The highest BCUT2D eigenvalue weighted by molar-refractivity contribution is 7.16. The van der Waals surface area contributed by atoms with Gasteiger partial charge in [0, 0.05) is 24.5 Å². The van der Waals surface area contributed by atoms with E-state index in [1.165, 1.54) is 42.3 Å². The van der Waals surface area contributed by atoms with E-state index in [1.54, 1.807) is 11.3 Å². The average Bonchev–Trinajstić information content (AvgIpc) is 3.07. The van der Waals surface area contributed by atoms with E-state index in [1.807, 2.05) is 11.6 Å². The predicted molar refractivity (Wildman–Crippen MR) is 77.0 cm³/mol. The standard InChI is InChI=1S/C12H16N4S2/c13-12-15-9(8-17-12)10-7-14-11(18-10)3-6-16-4-1-2-5-16/h7-8H,1-6H2,(H2,13,15). The molecule has 1 aliphatic heterocycles. The number of nitrogens with two attached hydrogens (primary N) is 1. The molecule has 0 radical (unpaired) electrons. The van der Waals surface area contributed by atoms with Crippen LogP contribution in [0.3, 0.4) is 0 Å². The van der Waals surface area contributed by atoms with Crippen molar-refractivity contribution in [2.75, 3.05) is 25.4 Å². The molecule has 18 heavy (non-hydrogen) atoms. The zero-order valence-corrected chi connectivity index (χ0v) is 11.8. The van der Waals surface area contributed by atoms with Crippen LogP contribution in [0, 0.1) is 0 Å². The number of hydrogen-bond acceptors (Lipinski definition) is 6. The Morgan fingerprint density at radius 1 is 1.33 bits per heavy atom. The summed E-state index contributed by atoms with van der Waals surface area (Å²) < 4.78 is 0. The minimum absolute atomic E-state index is 0.622. The molecular weight excluding hydrogens is 264 g/mol. The van der Waals surface area contributed by atoms with Gasteiger partial charge in [0.05, 0.1) is 15.6 Å². The Hall–Kier alpha value is -0.980. The molecule has 2 N–H and O–H groups in total. The highest BCUT2D eigenvalue weighted by Gasteiger charge is 2.13. The van der Waals surface area contributed by atoms with Crippen LogP contribution in [-0.2, 0) is 6.42 Å². The summed E-state index contributed by atoms with van der Waals surface area (Å²) in [6, 6.07) is 0. The molecule has 0 spiro atoms. The molecule has 0 bridgehead atoms. The molecule has 0 atom stereocenters. The SMILES string of the molecule is Nc1nc(-c2cnc(CCN3CCCC3)s2)cs1. The quantitative estimate of drug-likeness (QED) is 0.935. The van der Waals surface area contributed by atoms with Crippen molar-refractivity contribution in [2.24, 2.45) is 0 Å². The van der Waals surface area contributed by atoms with Crippen molar-refractivity contribution in [3.63, 3.8) is 0 Å². The van der Waals surface area contributed by atoms with E-state index >= 15 is 0 Å². The van der Waals surface area contributed by atoms with E-state index in [4.69, 9.17) is 5.73 Å². The van der Waals surface area contributed by atoms with Crippen LogP contribution in [0.25, 0.3) is 10.6 Å². The van der Waals surface area contributed by atoms with Crippen molar-refractivity contribution in [2.45, 2.75) is 19.3 Å². The largest absolute Gasteiger partial charge is 0.375 e. The number of rotatable bonds is 4. The predicted octanol–water partition coefficient (Wildman–Crippen LogP) is 2.49. The number of nitrogen functional groups attached to an aromatic ring is 1. The van der Waals surface area contributed by atoms with Gasteiger partial charge in [0.15, 0.2) is 5.13 Å². The van der Waals surface area contributed by atoms with Crippen LogP contribution in [0.15, 0.2) is 11.6 Å². The molecule has 1 aliphatic rings. The van der Waals surface area contributed by atoms with Crippen molar-refractivity contribution in [1.82, 2.24) is 14.9 Å². The second-order valence-corrected chi connectivity index (χ2v) is 6.49. The number of anilines is 1. The van der Waals surface area contributed by atoms with Gasteiger partial charge in [-0.2, -0.15) is 0 Å². The molecule has 3 heterocycles. The van der Waals surface area contributed by atoms with Crippen LogP contribution < -0.4 is 5.73 Å². The van der Waals surface area contributed by atoms with E-state index in [0.717, 1.165) is 23.5 Å². The number of nitrogens with zero attached hydrogens (tertiary/aromatic N) is 3. The Kier molecular flexibility index (Phi) is 3.58. The molecule has 0 amide bonds. The van der Waals surface area contributed by atoms with Crippen molar-refractivity contribution < 1.29 is 0 Å². The van der Waals surface area contributed by atoms with Crippen LogP contribution >= 0.6 is 22.7 Å². The number of thiazole rings is 2. The third kappa shape index (κ3) is 2.71. The van der Waals surface area contributed by atoms with Crippen LogP contribution in [0.2, 0.25) is 0 Å². The molecule has 0 saturated carbocycles. The topological polar surface area (TPSA) is 55.0 Å². The van der Waals surface area contributed by atoms with Crippen molar-refractivity contribution >= 4 is 27.8 Å². The Morgan fingerprint density at radius 3 is 2.89 bits per heavy atom. The van der Waals surface area contributed by atoms with E-state index in [-0.39, 0.29) is 0 Å². The molecule has 6 heteroatoms. The summed E-state index contributed by atoms with van der Waals surface area (Å²) in [4.78, 5) is 12.4. The minimum Gasteiger partial charge on any atom is -0.375 e. The number of hydrogen-bond donors (Lipinski definition) is 1. The third-order valence-corrected chi connectivity index (χ3v) is 4.92. The van der Waals surface area contributed by atoms with Crippen molar-refractivity contribution in [3.05, 3.63) is 16.6 Å². The van der Waals surface area contributed by atoms with E-state index in [9.17, 15) is 0 Å². The maximum absolute atomic E-state index is 5.65. The summed E-state index contributed by atoms with van der Waals surface area (Å²) in [6.45, 7) is 3.63. The summed E-state index contributed by atoms with van der Waals surface area (Å²) in [5, 5.41) is 3.81. The number of aromatic nitrogens is 2. The lowest BCUT2D eigenvalue weighted by atomic mass is 10.4. The van der Waals surface area contributed by atoms with Gasteiger partial charge in [-0.3, -0.25) is 0 Å². The first-order valence-corrected chi connectivity index (χ1v) is 7.89. The van der Waals surface area contributed by atoms with E-state index in [2.05, 4.69) is 14.9 Å². The fourth-order valence-electron chi connectivity index (χ4n) is 2.21. The first-order valence-electron chi connectivity index (χ1n) is 6.20. The molecule has 1 saturated heterocycles. The van der Waals surface area contributed by atoms with Gasteiger partial charge in [0.25, 0.3) is 0 Å². The fourth-order valence-corrected chi connectivity index (χ4v) is 3.71. The van der Waals surface area contributed by atoms with Gasteiger partial charge in [0.2, 0.25) is 0 Å². The third-order valence-electron chi connectivity index (χ3n) is 3.17. The van der Waals surface area contributed by atoms with Crippen molar-refractivity contribution in [3.8, 4) is 10.6 Å².